The second-order valence-corrected chi connectivity index (χ2v) is 8.25. The molecule has 4 rings (SSSR count). The summed E-state index contributed by atoms with van der Waals surface area (Å²) in [6.07, 6.45) is 4.19. The van der Waals surface area contributed by atoms with E-state index in [1.165, 1.54) is 11.1 Å². The maximum absolute atomic E-state index is 12.7. The van der Waals surface area contributed by atoms with Crippen LogP contribution in [-0.4, -0.2) is 19.6 Å². The molecule has 1 aromatic heterocycles. The fraction of sp³-hybridized carbons (Fsp3) is 0.207. The molecule has 0 bridgehead atoms. The molecular formula is C29H29NO3. The fourth-order valence-electron chi connectivity index (χ4n) is 4.22. The molecule has 0 aliphatic rings. The first-order chi connectivity index (χ1) is 16.1. The average Bonchev–Trinajstić information content (AvgIpc) is 3.21. The molecule has 0 spiro atoms. The Morgan fingerprint density at radius 1 is 1.03 bits per heavy atom. The molecule has 0 atom stereocenters. The Balaban J connectivity index is 1.47. The van der Waals surface area contributed by atoms with E-state index in [-0.39, 0.29) is 11.8 Å². The van der Waals surface area contributed by atoms with Gasteiger partial charge in [0.25, 0.3) is 0 Å². The lowest BCUT2D eigenvalue weighted by molar-refractivity contribution is -0.116. The van der Waals surface area contributed by atoms with E-state index in [1.54, 1.807) is 19.4 Å². The summed E-state index contributed by atoms with van der Waals surface area (Å²) in [5, 5.41) is 4.08. The van der Waals surface area contributed by atoms with Crippen LogP contribution in [0.5, 0.6) is 5.75 Å². The van der Waals surface area contributed by atoms with Gasteiger partial charge in [0.1, 0.15) is 11.3 Å². The summed E-state index contributed by atoms with van der Waals surface area (Å²) >= 11 is 0. The quantitative estimate of drug-likeness (QED) is 0.319. The molecule has 0 radical (unpaired) electrons. The lowest BCUT2D eigenvalue weighted by Crippen LogP contribution is -2.24. The van der Waals surface area contributed by atoms with E-state index in [0.29, 0.717) is 12.3 Å². The Morgan fingerprint density at radius 3 is 2.27 bits per heavy atom. The highest BCUT2D eigenvalue weighted by Gasteiger charge is 2.15. The summed E-state index contributed by atoms with van der Waals surface area (Å²) < 4.78 is 11.1. The standard InChI is InChI=1S/C29H29NO3/c1-20(25-17-26-21(2)19-33-28(26)18-27(25)32-3)16-29(31)30-15-14-24(22-10-6-4-7-11-22)23-12-8-5-9-13-23/h4-13,16-19,24H,14-15H2,1-3H3,(H,30,31)/b20-16+. The van der Waals surface area contributed by atoms with Crippen LogP contribution in [0.2, 0.25) is 0 Å². The third-order valence-electron chi connectivity index (χ3n) is 6.00. The molecule has 33 heavy (non-hydrogen) atoms. The monoisotopic (exact) mass is 439 g/mol. The molecule has 168 valence electrons. The lowest BCUT2D eigenvalue weighted by atomic mass is 9.88. The lowest BCUT2D eigenvalue weighted by Gasteiger charge is -2.18. The van der Waals surface area contributed by atoms with Crippen LogP contribution in [0.3, 0.4) is 0 Å². The minimum absolute atomic E-state index is 0.113. The van der Waals surface area contributed by atoms with Crippen molar-refractivity contribution in [2.75, 3.05) is 13.7 Å². The maximum atomic E-state index is 12.7. The molecule has 4 aromatic rings. The number of carbonyl (C=O) groups excluding carboxylic acids is 1. The highest BCUT2D eigenvalue weighted by molar-refractivity contribution is 5.97. The van der Waals surface area contributed by atoms with Gasteiger partial charge in [-0.1, -0.05) is 60.7 Å². The number of nitrogens with one attached hydrogen (secondary N) is 1. The number of hydrogen-bond donors (Lipinski definition) is 1. The summed E-state index contributed by atoms with van der Waals surface area (Å²) in [7, 11) is 1.63. The maximum Gasteiger partial charge on any atom is 0.244 e. The number of rotatable bonds is 8. The number of hydrogen-bond acceptors (Lipinski definition) is 3. The third-order valence-corrected chi connectivity index (χ3v) is 6.00. The van der Waals surface area contributed by atoms with Crippen LogP contribution in [0.1, 0.15) is 41.5 Å². The Kier molecular flexibility index (Phi) is 6.94. The van der Waals surface area contributed by atoms with Gasteiger partial charge in [0.2, 0.25) is 5.91 Å². The largest absolute Gasteiger partial charge is 0.496 e. The van der Waals surface area contributed by atoms with Crippen molar-refractivity contribution < 1.29 is 13.9 Å². The number of amides is 1. The summed E-state index contributed by atoms with van der Waals surface area (Å²) in [6, 6.07) is 24.7. The van der Waals surface area contributed by atoms with Crippen LogP contribution in [0.15, 0.2) is 89.6 Å². The van der Waals surface area contributed by atoms with Gasteiger partial charge in [0.15, 0.2) is 0 Å². The van der Waals surface area contributed by atoms with Gasteiger partial charge < -0.3 is 14.5 Å². The van der Waals surface area contributed by atoms with Crippen molar-refractivity contribution in [3.05, 3.63) is 107 Å². The molecule has 0 aliphatic carbocycles. The van der Waals surface area contributed by atoms with Crippen LogP contribution in [0.25, 0.3) is 16.5 Å². The van der Waals surface area contributed by atoms with Crippen LogP contribution >= 0.6 is 0 Å². The van der Waals surface area contributed by atoms with E-state index in [4.69, 9.17) is 9.15 Å². The minimum Gasteiger partial charge on any atom is -0.496 e. The smallest absolute Gasteiger partial charge is 0.244 e. The second kappa shape index (κ2) is 10.2. The molecule has 4 nitrogen and oxygen atoms in total. The molecule has 1 N–H and O–H groups in total. The molecule has 1 amide bonds. The number of benzene rings is 3. The average molecular weight is 440 g/mol. The molecule has 1 heterocycles. The number of fused-ring (bicyclic) bond motifs is 1. The van der Waals surface area contributed by atoms with Gasteiger partial charge in [0.05, 0.1) is 13.4 Å². The van der Waals surface area contributed by atoms with Crippen LogP contribution < -0.4 is 10.1 Å². The number of furan rings is 1. The van der Waals surface area contributed by atoms with Gasteiger partial charge >= 0.3 is 0 Å². The van der Waals surface area contributed by atoms with Crippen LogP contribution in [0, 0.1) is 6.92 Å². The Morgan fingerprint density at radius 2 is 1.67 bits per heavy atom. The van der Waals surface area contributed by atoms with Gasteiger partial charge in [-0.15, -0.1) is 0 Å². The van der Waals surface area contributed by atoms with E-state index in [1.807, 2.05) is 38.1 Å². The zero-order valence-electron chi connectivity index (χ0n) is 19.3. The SMILES string of the molecule is COc1cc2occ(C)c2cc1/C(C)=C/C(=O)NCCC(c1ccccc1)c1ccccc1. The predicted molar refractivity (Wildman–Crippen MR) is 134 cm³/mol. The topological polar surface area (TPSA) is 51.5 Å². The first kappa shape index (κ1) is 22.4. The Hall–Kier alpha value is -3.79. The molecule has 0 fully saturated rings. The zero-order valence-corrected chi connectivity index (χ0v) is 19.3. The molecule has 0 unspecified atom stereocenters. The predicted octanol–water partition coefficient (Wildman–Crippen LogP) is 6.49. The van der Waals surface area contributed by atoms with Crippen molar-refractivity contribution in [2.45, 2.75) is 26.2 Å². The van der Waals surface area contributed by atoms with E-state index in [2.05, 4.69) is 53.8 Å². The molecular weight excluding hydrogens is 410 g/mol. The van der Waals surface area contributed by atoms with Crippen LogP contribution in [-0.2, 0) is 4.79 Å². The molecule has 0 saturated carbocycles. The third kappa shape index (κ3) is 5.17. The van der Waals surface area contributed by atoms with E-state index in [0.717, 1.165) is 34.1 Å². The van der Waals surface area contributed by atoms with Crippen molar-refractivity contribution in [3.63, 3.8) is 0 Å². The zero-order chi connectivity index (χ0) is 23.2. The highest BCUT2D eigenvalue weighted by atomic mass is 16.5. The van der Waals surface area contributed by atoms with Crippen molar-refractivity contribution in [1.82, 2.24) is 5.32 Å². The first-order valence-electron chi connectivity index (χ1n) is 11.2. The normalized spacial score (nSPS) is 11.7. The summed E-state index contributed by atoms with van der Waals surface area (Å²) in [5.41, 5.74) is 6.05. The van der Waals surface area contributed by atoms with Gasteiger partial charge in [0, 0.05) is 35.6 Å². The number of carbonyl (C=O) groups is 1. The van der Waals surface area contributed by atoms with Gasteiger partial charge in [-0.25, -0.2) is 0 Å². The first-order valence-corrected chi connectivity index (χ1v) is 11.2. The number of ether oxygens (including phenoxy) is 1. The highest BCUT2D eigenvalue weighted by Crippen LogP contribution is 2.33. The molecule has 0 aliphatic heterocycles. The van der Waals surface area contributed by atoms with Gasteiger partial charge in [-0.05, 0) is 48.6 Å². The van der Waals surface area contributed by atoms with Gasteiger partial charge in [-0.3, -0.25) is 4.79 Å². The van der Waals surface area contributed by atoms with Crippen molar-refractivity contribution in [2.24, 2.45) is 0 Å². The fourth-order valence-corrected chi connectivity index (χ4v) is 4.22. The molecule has 0 saturated heterocycles. The summed E-state index contributed by atoms with van der Waals surface area (Å²) in [4.78, 5) is 12.7. The van der Waals surface area contributed by atoms with E-state index in [9.17, 15) is 4.79 Å². The van der Waals surface area contributed by atoms with E-state index >= 15 is 0 Å². The summed E-state index contributed by atoms with van der Waals surface area (Å²) in [6.45, 7) is 4.51. The number of allylic oxidation sites excluding steroid dienone is 1. The Labute approximate surface area is 194 Å². The number of aryl methyl sites for hydroxylation is 1. The molecule has 4 heteroatoms. The van der Waals surface area contributed by atoms with Gasteiger partial charge in [-0.2, -0.15) is 0 Å². The minimum atomic E-state index is -0.113. The van der Waals surface area contributed by atoms with Crippen molar-refractivity contribution in [1.29, 1.82) is 0 Å². The Bertz CT molecular complexity index is 1220. The van der Waals surface area contributed by atoms with Crippen molar-refractivity contribution >= 4 is 22.4 Å². The van der Waals surface area contributed by atoms with Crippen LogP contribution in [0.4, 0.5) is 0 Å². The van der Waals surface area contributed by atoms with E-state index < -0.39 is 0 Å². The molecule has 3 aromatic carbocycles. The number of methoxy groups -OCH3 is 1. The summed E-state index contributed by atoms with van der Waals surface area (Å²) in [5.74, 6) is 0.800. The second-order valence-electron chi connectivity index (χ2n) is 8.25. The van der Waals surface area contributed by atoms with Crippen molar-refractivity contribution in [3.8, 4) is 5.75 Å².